The molecule has 0 aliphatic heterocycles. The van der Waals surface area contributed by atoms with E-state index in [-0.39, 0.29) is 0 Å². The van der Waals surface area contributed by atoms with Crippen LogP contribution in [-0.4, -0.2) is 0 Å². The van der Waals surface area contributed by atoms with Crippen LogP contribution in [0.5, 0.6) is 0 Å². The van der Waals surface area contributed by atoms with Gasteiger partial charge in [-0.05, 0) is 42.9 Å². The van der Waals surface area contributed by atoms with Gasteiger partial charge >= 0.3 is 0 Å². The first-order valence-electron chi connectivity index (χ1n) is 5.76. The van der Waals surface area contributed by atoms with E-state index in [0.29, 0.717) is 0 Å². The summed E-state index contributed by atoms with van der Waals surface area (Å²) in [6.45, 7) is 0. The van der Waals surface area contributed by atoms with Gasteiger partial charge in [0.25, 0.3) is 0 Å². The van der Waals surface area contributed by atoms with Crippen LogP contribution in [0.2, 0.25) is 0 Å². The SMILES string of the molecule is N#C/C(=C\c1ccccc1)C1=CCCCC1. The van der Waals surface area contributed by atoms with Crippen molar-refractivity contribution in [3.8, 4) is 6.07 Å². The van der Waals surface area contributed by atoms with Crippen molar-refractivity contribution in [1.82, 2.24) is 0 Å². The van der Waals surface area contributed by atoms with E-state index < -0.39 is 0 Å². The number of nitrogens with zero attached hydrogens (tertiary/aromatic N) is 1. The molecule has 1 aliphatic rings. The molecule has 1 aliphatic carbocycles. The van der Waals surface area contributed by atoms with E-state index in [0.717, 1.165) is 24.0 Å². The molecule has 0 bridgehead atoms. The summed E-state index contributed by atoms with van der Waals surface area (Å²) in [5.41, 5.74) is 3.15. The number of nitriles is 1. The second-order valence-electron chi connectivity index (χ2n) is 4.06. The highest BCUT2D eigenvalue weighted by Crippen LogP contribution is 2.24. The first-order valence-corrected chi connectivity index (χ1v) is 5.76. The van der Waals surface area contributed by atoms with E-state index in [1.165, 1.54) is 18.4 Å². The Kier molecular flexibility index (Phi) is 3.56. The average Bonchev–Trinajstić information content (AvgIpc) is 2.38. The Morgan fingerprint density at radius 3 is 2.62 bits per heavy atom. The highest BCUT2D eigenvalue weighted by Gasteiger charge is 2.08. The molecule has 16 heavy (non-hydrogen) atoms. The molecule has 1 aromatic carbocycles. The van der Waals surface area contributed by atoms with Gasteiger partial charge in [0.15, 0.2) is 0 Å². The monoisotopic (exact) mass is 209 g/mol. The van der Waals surface area contributed by atoms with Crippen molar-refractivity contribution in [3.05, 3.63) is 53.1 Å². The van der Waals surface area contributed by atoms with Crippen LogP contribution in [0.1, 0.15) is 31.2 Å². The zero-order chi connectivity index (χ0) is 11.2. The first-order chi connectivity index (χ1) is 7.90. The second kappa shape index (κ2) is 5.32. The van der Waals surface area contributed by atoms with E-state index in [1.807, 2.05) is 36.4 Å². The van der Waals surface area contributed by atoms with E-state index in [4.69, 9.17) is 0 Å². The van der Waals surface area contributed by atoms with Gasteiger partial charge in [-0.25, -0.2) is 0 Å². The summed E-state index contributed by atoms with van der Waals surface area (Å²) in [6.07, 6.45) is 8.82. The smallest absolute Gasteiger partial charge is 0.0994 e. The van der Waals surface area contributed by atoms with E-state index in [2.05, 4.69) is 12.1 Å². The normalized spacial score (nSPS) is 16.4. The number of rotatable bonds is 2. The van der Waals surface area contributed by atoms with Gasteiger partial charge in [-0.2, -0.15) is 5.26 Å². The maximum absolute atomic E-state index is 9.18. The fourth-order valence-electron chi connectivity index (χ4n) is 2.00. The molecule has 0 saturated carbocycles. The molecule has 2 rings (SSSR count). The molecule has 1 aromatic rings. The summed E-state index contributed by atoms with van der Waals surface area (Å²) < 4.78 is 0. The molecular formula is C15H15N. The van der Waals surface area contributed by atoms with Crippen LogP contribution in [0.3, 0.4) is 0 Å². The van der Waals surface area contributed by atoms with Crippen molar-refractivity contribution < 1.29 is 0 Å². The molecule has 0 unspecified atom stereocenters. The summed E-state index contributed by atoms with van der Waals surface area (Å²) in [7, 11) is 0. The third kappa shape index (κ3) is 2.61. The molecule has 0 amide bonds. The minimum atomic E-state index is 0.825. The van der Waals surface area contributed by atoms with E-state index >= 15 is 0 Å². The highest BCUT2D eigenvalue weighted by molar-refractivity contribution is 5.63. The second-order valence-corrected chi connectivity index (χ2v) is 4.06. The van der Waals surface area contributed by atoms with Gasteiger partial charge in [-0.3, -0.25) is 0 Å². The fraction of sp³-hybridized carbons (Fsp3) is 0.267. The summed E-state index contributed by atoms with van der Waals surface area (Å²) in [6, 6.07) is 12.4. The van der Waals surface area contributed by atoms with Crippen molar-refractivity contribution in [1.29, 1.82) is 5.26 Å². The van der Waals surface area contributed by atoms with E-state index in [1.54, 1.807) is 0 Å². The minimum Gasteiger partial charge on any atom is -0.192 e. The predicted molar refractivity (Wildman–Crippen MR) is 66.6 cm³/mol. The lowest BCUT2D eigenvalue weighted by atomic mass is 9.93. The molecule has 1 heteroatoms. The van der Waals surface area contributed by atoms with E-state index in [9.17, 15) is 5.26 Å². The van der Waals surface area contributed by atoms with Crippen LogP contribution in [0.25, 0.3) is 6.08 Å². The summed E-state index contributed by atoms with van der Waals surface area (Å²) in [5.74, 6) is 0. The van der Waals surface area contributed by atoms with Crippen molar-refractivity contribution in [2.24, 2.45) is 0 Å². The van der Waals surface area contributed by atoms with Crippen LogP contribution in [-0.2, 0) is 0 Å². The zero-order valence-electron chi connectivity index (χ0n) is 9.32. The van der Waals surface area contributed by atoms with Gasteiger partial charge in [0, 0.05) is 0 Å². The standard InChI is InChI=1S/C15H15N/c16-12-15(14-9-5-2-6-10-14)11-13-7-3-1-4-8-13/h1,3-4,7-9,11H,2,5-6,10H2/b15-11+. The van der Waals surface area contributed by atoms with Crippen LogP contribution in [0.4, 0.5) is 0 Å². The van der Waals surface area contributed by atoms with Gasteiger partial charge < -0.3 is 0 Å². The minimum absolute atomic E-state index is 0.825. The fourth-order valence-corrected chi connectivity index (χ4v) is 2.00. The maximum Gasteiger partial charge on any atom is 0.0994 e. The summed E-state index contributed by atoms with van der Waals surface area (Å²) in [5, 5.41) is 9.18. The summed E-state index contributed by atoms with van der Waals surface area (Å²) >= 11 is 0. The maximum atomic E-state index is 9.18. The van der Waals surface area contributed by atoms with Crippen LogP contribution >= 0.6 is 0 Å². The largest absolute Gasteiger partial charge is 0.192 e. The Hall–Kier alpha value is -1.81. The van der Waals surface area contributed by atoms with Gasteiger partial charge in [-0.1, -0.05) is 36.4 Å². The van der Waals surface area contributed by atoms with Crippen LogP contribution in [0, 0.1) is 11.3 Å². The van der Waals surface area contributed by atoms with Gasteiger partial charge in [-0.15, -0.1) is 0 Å². The van der Waals surface area contributed by atoms with Gasteiger partial charge in [0.2, 0.25) is 0 Å². The summed E-state index contributed by atoms with van der Waals surface area (Å²) in [4.78, 5) is 0. The quantitative estimate of drug-likeness (QED) is 0.673. The van der Waals surface area contributed by atoms with Crippen LogP contribution in [0.15, 0.2) is 47.6 Å². The molecule has 0 spiro atoms. The van der Waals surface area contributed by atoms with Gasteiger partial charge in [0.05, 0.1) is 11.6 Å². The van der Waals surface area contributed by atoms with Crippen molar-refractivity contribution in [2.45, 2.75) is 25.7 Å². The Morgan fingerprint density at radius 2 is 2.00 bits per heavy atom. The Morgan fingerprint density at radius 1 is 1.19 bits per heavy atom. The lowest BCUT2D eigenvalue weighted by Crippen LogP contribution is -1.94. The molecular weight excluding hydrogens is 194 g/mol. The topological polar surface area (TPSA) is 23.8 Å². The third-order valence-electron chi connectivity index (χ3n) is 2.87. The number of benzene rings is 1. The number of hydrogen-bond acceptors (Lipinski definition) is 1. The molecule has 0 saturated heterocycles. The molecule has 0 radical (unpaired) electrons. The molecule has 0 fully saturated rings. The molecule has 0 heterocycles. The highest BCUT2D eigenvalue weighted by atomic mass is 14.3. The lowest BCUT2D eigenvalue weighted by Gasteiger charge is -2.11. The van der Waals surface area contributed by atoms with Crippen molar-refractivity contribution in [3.63, 3.8) is 0 Å². The molecule has 1 nitrogen and oxygen atoms in total. The van der Waals surface area contributed by atoms with Crippen molar-refractivity contribution >= 4 is 6.08 Å². The molecule has 0 N–H and O–H groups in total. The Bertz CT molecular complexity index is 446. The van der Waals surface area contributed by atoms with Crippen molar-refractivity contribution in [2.75, 3.05) is 0 Å². The lowest BCUT2D eigenvalue weighted by molar-refractivity contribution is 0.709. The predicted octanol–water partition coefficient (Wildman–Crippen LogP) is 4.09. The zero-order valence-corrected chi connectivity index (χ0v) is 9.32. The van der Waals surface area contributed by atoms with Gasteiger partial charge in [0.1, 0.15) is 0 Å². The first kappa shape index (κ1) is 10.7. The third-order valence-corrected chi connectivity index (χ3v) is 2.87. The van der Waals surface area contributed by atoms with Crippen LogP contribution < -0.4 is 0 Å². The number of allylic oxidation sites excluding steroid dienone is 3. The average molecular weight is 209 g/mol. The molecule has 0 atom stereocenters. The Balaban J connectivity index is 2.26. The molecule has 80 valence electrons. The number of hydrogen-bond donors (Lipinski definition) is 0. The molecule has 0 aromatic heterocycles. The Labute approximate surface area is 96.7 Å².